The molecule has 0 bridgehead atoms. The van der Waals surface area contributed by atoms with E-state index >= 15 is 0 Å². The molecule has 4 heteroatoms. The standard InChI is InChI=1S/C6H16O2Si2/c1-3-5(2)6(8-10)4-7-9/h3,5-6H,1,4H2,2,9-10H3. The molecular weight excluding hydrogens is 160 g/mol. The van der Waals surface area contributed by atoms with E-state index in [1.54, 1.807) is 0 Å². The van der Waals surface area contributed by atoms with Crippen molar-refractivity contribution >= 4 is 21.0 Å². The van der Waals surface area contributed by atoms with Crippen molar-refractivity contribution in [1.82, 2.24) is 0 Å². The summed E-state index contributed by atoms with van der Waals surface area (Å²) in [6, 6.07) is 0. The van der Waals surface area contributed by atoms with Crippen LogP contribution in [0.1, 0.15) is 6.92 Å². The molecule has 60 valence electrons. The van der Waals surface area contributed by atoms with Crippen LogP contribution in [0.25, 0.3) is 0 Å². The van der Waals surface area contributed by atoms with Gasteiger partial charge in [-0.1, -0.05) is 13.0 Å². The summed E-state index contributed by atoms with van der Waals surface area (Å²) in [5.41, 5.74) is 0. The van der Waals surface area contributed by atoms with E-state index in [2.05, 4.69) is 13.5 Å². The van der Waals surface area contributed by atoms with Crippen LogP contribution >= 0.6 is 0 Å². The summed E-state index contributed by atoms with van der Waals surface area (Å²) in [5.74, 6) is 0.409. The van der Waals surface area contributed by atoms with Gasteiger partial charge in [0.15, 0.2) is 0 Å². The zero-order chi connectivity index (χ0) is 7.98. The number of rotatable bonds is 5. The SMILES string of the molecule is C=CC(C)C(CO[SiH3])O[SiH3]. The summed E-state index contributed by atoms with van der Waals surface area (Å²) in [7, 11) is 1.57. The molecule has 0 N–H and O–H groups in total. The maximum absolute atomic E-state index is 5.31. The summed E-state index contributed by atoms with van der Waals surface area (Å²) in [5, 5.41) is 0. The predicted molar refractivity (Wildman–Crippen MR) is 50.1 cm³/mol. The van der Waals surface area contributed by atoms with Crippen LogP contribution in [0.5, 0.6) is 0 Å². The van der Waals surface area contributed by atoms with Gasteiger partial charge in [-0.25, -0.2) is 0 Å². The van der Waals surface area contributed by atoms with Crippen molar-refractivity contribution in [3.05, 3.63) is 12.7 Å². The van der Waals surface area contributed by atoms with Crippen LogP contribution in [0.2, 0.25) is 0 Å². The largest absolute Gasteiger partial charge is 0.425 e. The van der Waals surface area contributed by atoms with Gasteiger partial charge in [-0.15, -0.1) is 6.58 Å². The van der Waals surface area contributed by atoms with Gasteiger partial charge in [0.2, 0.25) is 0 Å². The third-order valence-electron chi connectivity index (χ3n) is 1.59. The average molecular weight is 176 g/mol. The Bertz CT molecular complexity index is 97.7. The monoisotopic (exact) mass is 176 g/mol. The Balaban J connectivity index is 3.67. The topological polar surface area (TPSA) is 18.5 Å². The molecule has 2 nitrogen and oxygen atoms in total. The van der Waals surface area contributed by atoms with E-state index in [1.165, 1.54) is 0 Å². The molecule has 0 aliphatic heterocycles. The fourth-order valence-corrected chi connectivity index (χ4v) is 1.64. The summed E-state index contributed by atoms with van der Waals surface area (Å²) >= 11 is 0. The highest BCUT2D eigenvalue weighted by molar-refractivity contribution is 5.98. The Morgan fingerprint density at radius 2 is 2.20 bits per heavy atom. The summed E-state index contributed by atoms with van der Waals surface area (Å²) in [6.45, 7) is 6.52. The predicted octanol–water partition coefficient (Wildman–Crippen LogP) is -1.23. The van der Waals surface area contributed by atoms with Gasteiger partial charge in [0.1, 0.15) is 21.0 Å². The molecule has 2 atom stereocenters. The van der Waals surface area contributed by atoms with E-state index in [-0.39, 0.29) is 6.10 Å². The molecule has 0 saturated heterocycles. The zero-order valence-electron chi connectivity index (χ0n) is 6.96. The fourth-order valence-electron chi connectivity index (χ4n) is 0.751. The molecule has 0 fully saturated rings. The Morgan fingerprint density at radius 1 is 1.60 bits per heavy atom. The molecule has 0 aromatic heterocycles. The van der Waals surface area contributed by atoms with Crippen molar-refractivity contribution < 1.29 is 8.85 Å². The van der Waals surface area contributed by atoms with Crippen LogP contribution in [0.3, 0.4) is 0 Å². The molecule has 0 aliphatic rings. The zero-order valence-corrected chi connectivity index (χ0v) is 11.0. The van der Waals surface area contributed by atoms with Crippen LogP contribution in [-0.2, 0) is 8.85 Å². The highest BCUT2D eigenvalue weighted by Gasteiger charge is 2.11. The molecule has 0 amide bonds. The third-order valence-corrected chi connectivity index (χ3v) is 2.53. The fraction of sp³-hybridized carbons (Fsp3) is 0.667. The Morgan fingerprint density at radius 3 is 2.50 bits per heavy atom. The number of hydrogen-bond donors (Lipinski definition) is 0. The van der Waals surface area contributed by atoms with Gasteiger partial charge < -0.3 is 8.85 Å². The second kappa shape index (κ2) is 5.85. The molecular formula is C6H16O2Si2. The Labute approximate surface area is 68.7 Å². The van der Waals surface area contributed by atoms with Crippen LogP contribution in [-0.4, -0.2) is 33.7 Å². The van der Waals surface area contributed by atoms with Gasteiger partial charge in [0.05, 0.1) is 12.7 Å². The lowest BCUT2D eigenvalue weighted by Crippen LogP contribution is -2.24. The van der Waals surface area contributed by atoms with E-state index in [1.807, 2.05) is 6.08 Å². The first-order valence-corrected chi connectivity index (χ1v) is 5.03. The maximum atomic E-state index is 5.31. The minimum absolute atomic E-state index is 0.238. The van der Waals surface area contributed by atoms with Crippen LogP contribution in [0.4, 0.5) is 0 Å². The lowest BCUT2D eigenvalue weighted by atomic mass is 10.1. The van der Waals surface area contributed by atoms with Crippen molar-refractivity contribution in [3.8, 4) is 0 Å². The highest BCUT2D eigenvalue weighted by Crippen LogP contribution is 2.06. The summed E-state index contributed by atoms with van der Waals surface area (Å²) in [4.78, 5) is 0. The lowest BCUT2D eigenvalue weighted by molar-refractivity contribution is 0.116. The van der Waals surface area contributed by atoms with Gasteiger partial charge in [-0.2, -0.15) is 0 Å². The normalized spacial score (nSPS) is 16.9. The summed E-state index contributed by atoms with van der Waals surface area (Å²) in [6.07, 6.45) is 2.14. The first kappa shape index (κ1) is 10.1. The minimum Gasteiger partial charge on any atom is -0.425 e. The average Bonchev–Trinajstić information content (AvgIpc) is 1.99. The van der Waals surface area contributed by atoms with E-state index < -0.39 is 0 Å². The minimum atomic E-state index is 0.238. The molecule has 10 heavy (non-hydrogen) atoms. The van der Waals surface area contributed by atoms with Crippen molar-refractivity contribution in [2.24, 2.45) is 5.92 Å². The van der Waals surface area contributed by atoms with Crippen molar-refractivity contribution in [2.45, 2.75) is 13.0 Å². The molecule has 0 heterocycles. The van der Waals surface area contributed by atoms with Gasteiger partial charge in [0, 0.05) is 5.92 Å². The van der Waals surface area contributed by atoms with E-state index in [4.69, 9.17) is 8.85 Å². The Kier molecular flexibility index (Phi) is 5.90. The van der Waals surface area contributed by atoms with E-state index in [0.717, 1.165) is 27.6 Å². The lowest BCUT2D eigenvalue weighted by Gasteiger charge is -2.19. The van der Waals surface area contributed by atoms with Crippen molar-refractivity contribution in [1.29, 1.82) is 0 Å². The second-order valence-corrected chi connectivity index (χ2v) is 3.37. The van der Waals surface area contributed by atoms with E-state index in [9.17, 15) is 0 Å². The molecule has 0 rings (SSSR count). The summed E-state index contributed by atoms with van der Waals surface area (Å²) < 4.78 is 10.4. The smallest absolute Gasteiger partial charge is 0.146 e. The van der Waals surface area contributed by atoms with Crippen molar-refractivity contribution in [2.75, 3.05) is 6.61 Å². The first-order valence-electron chi connectivity index (χ1n) is 3.40. The van der Waals surface area contributed by atoms with Gasteiger partial charge in [0.25, 0.3) is 0 Å². The molecule has 2 unspecified atom stereocenters. The molecule has 0 aliphatic carbocycles. The van der Waals surface area contributed by atoms with Crippen LogP contribution in [0, 0.1) is 5.92 Å². The quantitative estimate of drug-likeness (QED) is 0.386. The van der Waals surface area contributed by atoms with E-state index in [0.29, 0.717) is 5.92 Å². The molecule has 0 radical (unpaired) electrons. The van der Waals surface area contributed by atoms with Crippen molar-refractivity contribution in [3.63, 3.8) is 0 Å². The van der Waals surface area contributed by atoms with Crippen LogP contribution in [0.15, 0.2) is 12.7 Å². The van der Waals surface area contributed by atoms with Gasteiger partial charge in [-0.05, 0) is 0 Å². The molecule has 0 spiro atoms. The maximum Gasteiger partial charge on any atom is 0.146 e. The number of hydrogen-bond acceptors (Lipinski definition) is 2. The van der Waals surface area contributed by atoms with Crippen LogP contribution < -0.4 is 0 Å². The highest BCUT2D eigenvalue weighted by atomic mass is 28.2. The van der Waals surface area contributed by atoms with Gasteiger partial charge in [-0.3, -0.25) is 0 Å². The first-order chi connectivity index (χ1) is 4.76. The Hall–Kier alpha value is 0.0938. The second-order valence-electron chi connectivity index (χ2n) is 2.32. The third kappa shape index (κ3) is 3.31. The molecule has 0 aromatic carbocycles. The molecule has 0 saturated carbocycles. The van der Waals surface area contributed by atoms with Gasteiger partial charge >= 0.3 is 0 Å². The molecule has 0 aromatic rings.